The van der Waals surface area contributed by atoms with Gasteiger partial charge in [0.15, 0.2) is 11.2 Å². The molecule has 1 saturated heterocycles. The van der Waals surface area contributed by atoms with Crippen LogP contribution in [0.25, 0.3) is 0 Å². The van der Waals surface area contributed by atoms with Crippen LogP contribution in [0.5, 0.6) is 0 Å². The molecule has 1 aliphatic heterocycles. The second-order valence-corrected chi connectivity index (χ2v) is 4.61. The Morgan fingerprint density at radius 1 is 1.65 bits per heavy atom. The second kappa shape index (κ2) is 4.99. The average molecular weight is 277 g/mol. The van der Waals surface area contributed by atoms with Gasteiger partial charge in [0.2, 0.25) is 0 Å². The van der Waals surface area contributed by atoms with E-state index in [1.54, 1.807) is 0 Å². The normalized spacial score (nSPS) is 20.3. The lowest BCUT2D eigenvalue weighted by Gasteiger charge is -2.32. The molecule has 0 aliphatic carbocycles. The number of carboxylic acid groups (broad SMARTS) is 1. The summed E-state index contributed by atoms with van der Waals surface area (Å²) in [5.41, 5.74) is 1.45. The van der Waals surface area contributed by atoms with Gasteiger partial charge in [0.05, 0.1) is 18.7 Å². The predicted octanol–water partition coefficient (Wildman–Crippen LogP) is 0.722. The molecule has 1 N–H and O–H groups in total. The molecular formula is C9H9ClN2O4S. The van der Waals surface area contributed by atoms with Crippen molar-refractivity contribution in [3.05, 3.63) is 15.5 Å². The van der Waals surface area contributed by atoms with Gasteiger partial charge in [-0.05, 0) is 0 Å². The number of nitrogens with zero attached hydrogens (tertiary/aromatic N) is 2. The maximum atomic E-state index is 12.1. The van der Waals surface area contributed by atoms with E-state index >= 15 is 0 Å². The molecule has 1 amide bonds. The fraction of sp³-hybridized carbons (Fsp3) is 0.444. The van der Waals surface area contributed by atoms with Gasteiger partial charge in [0.1, 0.15) is 4.88 Å². The van der Waals surface area contributed by atoms with Gasteiger partial charge in [0.25, 0.3) is 5.91 Å². The SMILES string of the molecule is O=C(O)C1COCCN1C(=O)c1scnc1Cl. The van der Waals surface area contributed by atoms with Gasteiger partial charge < -0.3 is 14.7 Å². The summed E-state index contributed by atoms with van der Waals surface area (Å²) in [4.78, 5) is 28.4. The highest BCUT2D eigenvalue weighted by molar-refractivity contribution is 7.12. The maximum absolute atomic E-state index is 12.1. The van der Waals surface area contributed by atoms with Gasteiger partial charge in [-0.25, -0.2) is 9.78 Å². The quantitative estimate of drug-likeness (QED) is 0.861. The molecule has 1 aromatic rings. The minimum absolute atomic E-state index is 0.00248. The van der Waals surface area contributed by atoms with Gasteiger partial charge in [-0.15, -0.1) is 11.3 Å². The summed E-state index contributed by atoms with van der Waals surface area (Å²) in [6.07, 6.45) is 0. The average Bonchev–Trinajstić information content (AvgIpc) is 2.74. The van der Waals surface area contributed by atoms with Crippen molar-refractivity contribution in [3.63, 3.8) is 0 Å². The first kappa shape index (κ1) is 12.3. The number of thiazole rings is 1. The van der Waals surface area contributed by atoms with E-state index in [1.165, 1.54) is 10.4 Å². The Morgan fingerprint density at radius 2 is 2.41 bits per heavy atom. The maximum Gasteiger partial charge on any atom is 0.328 e. The summed E-state index contributed by atoms with van der Waals surface area (Å²) < 4.78 is 5.05. The van der Waals surface area contributed by atoms with Crippen molar-refractivity contribution >= 4 is 34.8 Å². The highest BCUT2D eigenvalue weighted by Crippen LogP contribution is 2.22. The van der Waals surface area contributed by atoms with Crippen LogP contribution in [-0.2, 0) is 9.53 Å². The molecule has 17 heavy (non-hydrogen) atoms. The standard InChI is InChI=1S/C9H9ClN2O4S/c10-7-6(17-4-11-7)8(13)12-1-2-16-3-5(12)9(14)15/h4-5H,1-3H2,(H,14,15). The van der Waals surface area contributed by atoms with E-state index in [-0.39, 0.29) is 23.2 Å². The van der Waals surface area contributed by atoms with Gasteiger partial charge in [-0.1, -0.05) is 11.6 Å². The van der Waals surface area contributed by atoms with Crippen LogP contribution in [0.4, 0.5) is 0 Å². The van der Waals surface area contributed by atoms with Crippen LogP contribution < -0.4 is 0 Å². The third-order valence-electron chi connectivity index (χ3n) is 2.39. The Balaban J connectivity index is 2.23. The zero-order valence-corrected chi connectivity index (χ0v) is 10.2. The fourth-order valence-electron chi connectivity index (χ4n) is 1.55. The molecule has 0 bridgehead atoms. The number of aliphatic carboxylic acids is 1. The summed E-state index contributed by atoms with van der Waals surface area (Å²) in [6, 6.07) is -0.964. The molecule has 1 atom stereocenters. The minimum atomic E-state index is -1.08. The largest absolute Gasteiger partial charge is 0.480 e. The van der Waals surface area contributed by atoms with E-state index in [0.29, 0.717) is 6.61 Å². The van der Waals surface area contributed by atoms with E-state index in [4.69, 9.17) is 21.4 Å². The Hall–Kier alpha value is -1.18. The number of amides is 1. The Morgan fingerprint density at radius 3 is 3.00 bits per heavy atom. The molecule has 1 fully saturated rings. The summed E-state index contributed by atoms with van der Waals surface area (Å²) >= 11 is 6.85. The number of carboxylic acids is 1. The topological polar surface area (TPSA) is 79.7 Å². The minimum Gasteiger partial charge on any atom is -0.480 e. The molecule has 92 valence electrons. The summed E-state index contributed by atoms with van der Waals surface area (Å²) in [7, 11) is 0. The summed E-state index contributed by atoms with van der Waals surface area (Å²) in [5.74, 6) is -1.49. The lowest BCUT2D eigenvalue weighted by atomic mass is 10.2. The molecular weight excluding hydrogens is 268 g/mol. The lowest BCUT2D eigenvalue weighted by Crippen LogP contribution is -2.52. The van der Waals surface area contributed by atoms with Crippen LogP contribution >= 0.6 is 22.9 Å². The monoisotopic (exact) mass is 276 g/mol. The fourth-order valence-corrected chi connectivity index (χ4v) is 2.51. The highest BCUT2D eigenvalue weighted by atomic mass is 35.5. The number of morpholine rings is 1. The van der Waals surface area contributed by atoms with Crippen LogP contribution in [0.1, 0.15) is 9.67 Å². The van der Waals surface area contributed by atoms with Gasteiger partial charge >= 0.3 is 5.97 Å². The number of hydrogen-bond acceptors (Lipinski definition) is 5. The zero-order chi connectivity index (χ0) is 12.4. The van der Waals surface area contributed by atoms with Crippen LogP contribution in [0, 0.1) is 0 Å². The molecule has 8 heteroatoms. The Bertz CT molecular complexity index is 450. The summed E-state index contributed by atoms with van der Waals surface area (Å²) in [5, 5.41) is 9.11. The first-order chi connectivity index (χ1) is 8.11. The van der Waals surface area contributed by atoms with E-state index in [1.807, 2.05) is 0 Å². The number of ether oxygens (including phenoxy) is 1. The predicted molar refractivity (Wildman–Crippen MR) is 60.4 cm³/mol. The molecule has 1 aromatic heterocycles. The third-order valence-corrected chi connectivity index (χ3v) is 3.61. The number of hydrogen-bond donors (Lipinski definition) is 1. The van der Waals surface area contributed by atoms with Crippen LogP contribution in [0.15, 0.2) is 5.51 Å². The molecule has 2 heterocycles. The van der Waals surface area contributed by atoms with Crippen molar-refractivity contribution in [1.29, 1.82) is 0 Å². The van der Waals surface area contributed by atoms with E-state index in [9.17, 15) is 9.59 Å². The van der Waals surface area contributed by atoms with E-state index in [0.717, 1.165) is 11.3 Å². The van der Waals surface area contributed by atoms with Crippen molar-refractivity contribution < 1.29 is 19.4 Å². The third kappa shape index (κ3) is 2.41. The molecule has 2 rings (SSSR count). The van der Waals surface area contributed by atoms with E-state index in [2.05, 4.69) is 4.98 Å². The molecule has 1 aliphatic rings. The zero-order valence-electron chi connectivity index (χ0n) is 8.63. The molecule has 0 aromatic carbocycles. The molecule has 6 nitrogen and oxygen atoms in total. The Labute approximate surface area is 106 Å². The van der Waals surface area contributed by atoms with Crippen LogP contribution in [-0.4, -0.2) is 52.7 Å². The molecule has 0 spiro atoms. The number of carbonyl (C=O) groups is 2. The second-order valence-electron chi connectivity index (χ2n) is 3.40. The number of halogens is 1. The smallest absolute Gasteiger partial charge is 0.328 e. The van der Waals surface area contributed by atoms with Crippen molar-refractivity contribution in [1.82, 2.24) is 9.88 Å². The molecule has 1 unspecified atom stereocenters. The van der Waals surface area contributed by atoms with Crippen molar-refractivity contribution in [2.45, 2.75) is 6.04 Å². The highest BCUT2D eigenvalue weighted by Gasteiger charge is 2.34. The first-order valence-corrected chi connectivity index (χ1v) is 6.07. The van der Waals surface area contributed by atoms with Crippen molar-refractivity contribution in [2.24, 2.45) is 0 Å². The number of rotatable bonds is 2. The molecule has 0 radical (unpaired) electrons. The number of aromatic nitrogens is 1. The van der Waals surface area contributed by atoms with Gasteiger partial charge in [-0.2, -0.15) is 0 Å². The Kier molecular flexibility index (Phi) is 3.60. The van der Waals surface area contributed by atoms with Crippen LogP contribution in [0.2, 0.25) is 5.15 Å². The van der Waals surface area contributed by atoms with Crippen LogP contribution in [0.3, 0.4) is 0 Å². The van der Waals surface area contributed by atoms with Crippen molar-refractivity contribution in [2.75, 3.05) is 19.8 Å². The first-order valence-electron chi connectivity index (χ1n) is 4.81. The summed E-state index contributed by atoms with van der Waals surface area (Å²) in [6.45, 7) is 0.563. The van der Waals surface area contributed by atoms with Gasteiger partial charge in [0, 0.05) is 6.54 Å². The molecule has 0 saturated carbocycles. The lowest BCUT2D eigenvalue weighted by molar-refractivity contribution is -0.147. The van der Waals surface area contributed by atoms with Gasteiger partial charge in [-0.3, -0.25) is 4.79 Å². The van der Waals surface area contributed by atoms with E-state index < -0.39 is 17.9 Å². The van der Waals surface area contributed by atoms with Crippen molar-refractivity contribution in [3.8, 4) is 0 Å². The number of carbonyl (C=O) groups excluding carboxylic acids is 1.